The zero-order chi connectivity index (χ0) is 15.8. The summed E-state index contributed by atoms with van der Waals surface area (Å²) in [5.74, 6) is 0.437. The average Bonchev–Trinajstić information content (AvgIpc) is 2.99. The van der Waals surface area contributed by atoms with Gasteiger partial charge < -0.3 is 4.57 Å². The van der Waals surface area contributed by atoms with Crippen molar-refractivity contribution in [1.82, 2.24) is 9.88 Å². The van der Waals surface area contributed by atoms with Gasteiger partial charge in [-0.15, -0.1) is 0 Å². The van der Waals surface area contributed by atoms with Gasteiger partial charge in [-0.05, 0) is 29.7 Å². The molecule has 0 radical (unpaired) electrons. The molecule has 0 amide bonds. The van der Waals surface area contributed by atoms with Crippen molar-refractivity contribution in [3.63, 3.8) is 0 Å². The van der Waals surface area contributed by atoms with E-state index in [2.05, 4.69) is 96.7 Å². The average molecular weight is 302 g/mol. The Labute approximate surface area is 137 Å². The summed E-state index contributed by atoms with van der Waals surface area (Å²) in [6, 6.07) is 24.1. The molecule has 0 fully saturated rings. The fraction of sp³-hybridized carbons (Fsp3) is 0.238. The number of hydrogen-bond donors (Lipinski definition) is 1. The predicted molar refractivity (Wildman–Crippen MR) is 94.5 cm³/mol. The molecule has 0 bridgehead atoms. The highest BCUT2D eigenvalue weighted by atomic mass is 15.2. The van der Waals surface area contributed by atoms with Crippen LogP contribution in [-0.2, 0) is 0 Å². The molecule has 2 heteroatoms. The van der Waals surface area contributed by atoms with E-state index in [1.807, 2.05) is 0 Å². The van der Waals surface area contributed by atoms with Crippen LogP contribution in [0.5, 0.6) is 0 Å². The van der Waals surface area contributed by atoms with Gasteiger partial charge in [0.05, 0.1) is 0 Å². The molecule has 2 nitrogen and oxygen atoms in total. The fourth-order valence-electron chi connectivity index (χ4n) is 3.87. The number of aryl methyl sites for hydroxylation is 1. The Bertz CT molecular complexity index is 789. The van der Waals surface area contributed by atoms with Crippen LogP contribution in [0.4, 0.5) is 0 Å². The molecule has 4 rings (SSSR count). The molecule has 1 aromatic heterocycles. The van der Waals surface area contributed by atoms with Crippen molar-refractivity contribution in [2.24, 2.45) is 0 Å². The predicted octanol–water partition coefficient (Wildman–Crippen LogP) is 4.79. The van der Waals surface area contributed by atoms with E-state index in [1.54, 1.807) is 0 Å². The van der Waals surface area contributed by atoms with Crippen molar-refractivity contribution in [3.05, 3.63) is 95.3 Å². The van der Waals surface area contributed by atoms with E-state index in [-0.39, 0.29) is 6.17 Å². The standard InChI is InChI=1S/C21H22N2/c1-15-13-14-23-20(15)16(2)19(17-9-5-3-6-10-17)22-21(23)18-11-7-4-8-12-18/h3-14,16,19,21-22H,1-2H3. The van der Waals surface area contributed by atoms with Crippen LogP contribution in [0, 0.1) is 6.92 Å². The lowest BCUT2D eigenvalue weighted by Gasteiger charge is -2.39. The molecule has 2 aromatic carbocycles. The maximum absolute atomic E-state index is 3.87. The minimum absolute atomic E-state index is 0.182. The van der Waals surface area contributed by atoms with Crippen LogP contribution in [0.3, 0.4) is 0 Å². The molecule has 1 aliphatic heterocycles. The van der Waals surface area contributed by atoms with E-state index < -0.39 is 0 Å². The van der Waals surface area contributed by atoms with Crippen molar-refractivity contribution in [3.8, 4) is 0 Å². The molecule has 116 valence electrons. The van der Waals surface area contributed by atoms with Crippen LogP contribution in [0.1, 0.15) is 47.4 Å². The Morgan fingerprint density at radius 1 is 0.826 bits per heavy atom. The molecule has 1 aliphatic rings. The smallest absolute Gasteiger partial charge is 0.110 e. The molecule has 1 N–H and O–H groups in total. The molecule has 3 aromatic rings. The van der Waals surface area contributed by atoms with E-state index in [1.165, 1.54) is 22.4 Å². The minimum Gasteiger partial charge on any atom is -0.331 e. The molecular formula is C21H22N2. The molecule has 0 saturated carbocycles. The molecule has 3 unspecified atom stereocenters. The van der Waals surface area contributed by atoms with Crippen molar-refractivity contribution in [2.45, 2.75) is 32.0 Å². The number of rotatable bonds is 2. The fourth-order valence-corrected chi connectivity index (χ4v) is 3.87. The van der Waals surface area contributed by atoms with Gasteiger partial charge in [0, 0.05) is 23.9 Å². The first kappa shape index (κ1) is 14.3. The van der Waals surface area contributed by atoms with Crippen LogP contribution in [0.2, 0.25) is 0 Å². The Morgan fingerprint density at radius 3 is 2.09 bits per heavy atom. The second kappa shape index (κ2) is 5.71. The van der Waals surface area contributed by atoms with Crippen molar-refractivity contribution < 1.29 is 0 Å². The number of nitrogens with one attached hydrogen (secondary N) is 1. The number of hydrogen-bond acceptors (Lipinski definition) is 1. The normalized spacial score (nSPS) is 23.5. The second-order valence-corrected chi connectivity index (χ2v) is 6.45. The van der Waals surface area contributed by atoms with E-state index in [9.17, 15) is 0 Å². The van der Waals surface area contributed by atoms with Crippen LogP contribution >= 0.6 is 0 Å². The third-order valence-corrected chi connectivity index (χ3v) is 4.99. The number of nitrogens with zero attached hydrogens (tertiary/aromatic N) is 1. The summed E-state index contributed by atoms with van der Waals surface area (Å²) >= 11 is 0. The lowest BCUT2D eigenvalue weighted by Crippen LogP contribution is -2.40. The Balaban J connectivity index is 1.83. The minimum atomic E-state index is 0.182. The number of benzene rings is 2. The van der Waals surface area contributed by atoms with Gasteiger partial charge in [0.1, 0.15) is 6.17 Å². The van der Waals surface area contributed by atoms with Gasteiger partial charge in [0.15, 0.2) is 0 Å². The van der Waals surface area contributed by atoms with Gasteiger partial charge in [0.2, 0.25) is 0 Å². The summed E-state index contributed by atoms with van der Waals surface area (Å²) in [4.78, 5) is 0. The van der Waals surface area contributed by atoms with E-state index in [0.29, 0.717) is 12.0 Å². The van der Waals surface area contributed by atoms with Gasteiger partial charge >= 0.3 is 0 Å². The van der Waals surface area contributed by atoms with Gasteiger partial charge in [-0.2, -0.15) is 0 Å². The highest BCUT2D eigenvalue weighted by Crippen LogP contribution is 2.40. The molecule has 2 heterocycles. The Kier molecular flexibility index (Phi) is 3.55. The second-order valence-electron chi connectivity index (χ2n) is 6.45. The Hall–Kier alpha value is -2.32. The topological polar surface area (TPSA) is 17.0 Å². The highest BCUT2D eigenvalue weighted by Gasteiger charge is 2.34. The van der Waals surface area contributed by atoms with Gasteiger partial charge in [-0.3, -0.25) is 5.32 Å². The first-order chi connectivity index (χ1) is 11.3. The summed E-state index contributed by atoms with van der Waals surface area (Å²) in [6.07, 6.45) is 2.40. The summed E-state index contributed by atoms with van der Waals surface area (Å²) in [5, 5.41) is 3.87. The van der Waals surface area contributed by atoms with E-state index in [4.69, 9.17) is 0 Å². The van der Waals surface area contributed by atoms with Crippen LogP contribution in [0.15, 0.2) is 72.9 Å². The summed E-state index contributed by atoms with van der Waals surface area (Å²) in [5.41, 5.74) is 5.47. The molecule has 0 spiro atoms. The lowest BCUT2D eigenvalue weighted by molar-refractivity contribution is 0.306. The summed E-state index contributed by atoms with van der Waals surface area (Å²) in [7, 11) is 0. The highest BCUT2D eigenvalue weighted by molar-refractivity contribution is 5.35. The first-order valence-corrected chi connectivity index (χ1v) is 8.29. The maximum Gasteiger partial charge on any atom is 0.110 e. The quantitative estimate of drug-likeness (QED) is 0.720. The molecule has 0 saturated heterocycles. The Morgan fingerprint density at radius 2 is 1.43 bits per heavy atom. The van der Waals surface area contributed by atoms with Crippen LogP contribution < -0.4 is 5.32 Å². The first-order valence-electron chi connectivity index (χ1n) is 8.29. The van der Waals surface area contributed by atoms with Crippen molar-refractivity contribution >= 4 is 0 Å². The van der Waals surface area contributed by atoms with E-state index in [0.717, 1.165) is 0 Å². The van der Waals surface area contributed by atoms with E-state index >= 15 is 0 Å². The molecule has 23 heavy (non-hydrogen) atoms. The van der Waals surface area contributed by atoms with Crippen LogP contribution in [-0.4, -0.2) is 4.57 Å². The van der Waals surface area contributed by atoms with Crippen molar-refractivity contribution in [1.29, 1.82) is 0 Å². The summed E-state index contributed by atoms with van der Waals surface area (Å²) < 4.78 is 2.40. The largest absolute Gasteiger partial charge is 0.331 e. The lowest BCUT2D eigenvalue weighted by atomic mass is 9.87. The van der Waals surface area contributed by atoms with Gasteiger partial charge in [-0.1, -0.05) is 67.6 Å². The van der Waals surface area contributed by atoms with Gasteiger partial charge in [0.25, 0.3) is 0 Å². The maximum atomic E-state index is 3.87. The molecular weight excluding hydrogens is 280 g/mol. The third kappa shape index (κ3) is 2.40. The van der Waals surface area contributed by atoms with Crippen molar-refractivity contribution in [2.75, 3.05) is 0 Å². The zero-order valence-electron chi connectivity index (χ0n) is 13.6. The molecule has 0 aliphatic carbocycles. The number of fused-ring (bicyclic) bond motifs is 1. The van der Waals surface area contributed by atoms with Gasteiger partial charge in [-0.25, -0.2) is 0 Å². The number of aromatic nitrogens is 1. The monoisotopic (exact) mass is 302 g/mol. The third-order valence-electron chi connectivity index (χ3n) is 4.99. The van der Waals surface area contributed by atoms with Crippen LogP contribution in [0.25, 0.3) is 0 Å². The SMILES string of the molecule is Cc1ccn2c1C(C)C(c1ccccc1)NC2c1ccccc1. The molecule has 3 atom stereocenters. The zero-order valence-corrected chi connectivity index (χ0v) is 13.6. The summed E-state index contributed by atoms with van der Waals surface area (Å²) in [6.45, 7) is 4.54.